The van der Waals surface area contributed by atoms with Crippen molar-refractivity contribution in [3.8, 4) is 0 Å². The number of aromatic nitrogens is 1. The van der Waals surface area contributed by atoms with Crippen LogP contribution in [0.4, 0.5) is 10.5 Å². The van der Waals surface area contributed by atoms with E-state index in [2.05, 4.69) is 15.6 Å². The van der Waals surface area contributed by atoms with Crippen LogP contribution in [0.2, 0.25) is 0 Å². The number of anilines is 1. The second-order valence-corrected chi connectivity index (χ2v) is 5.87. The van der Waals surface area contributed by atoms with E-state index in [4.69, 9.17) is 4.42 Å². The average Bonchev–Trinajstić information content (AvgIpc) is 3.13. The van der Waals surface area contributed by atoms with Gasteiger partial charge in [-0.3, -0.25) is 0 Å². The number of amides is 2. The molecule has 0 bridgehead atoms. The Hall–Kier alpha value is -2.08. The van der Waals surface area contributed by atoms with Crippen LogP contribution in [0.5, 0.6) is 0 Å². The third kappa shape index (κ3) is 2.92. The van der Waals surface area contributed by atoms with Gasteiger partial charge in [0.05, 0.1) is 12.1 Å². The molecule has 1 aromatic heterocycles. The molecule has 1 aliphatic carbocycles. The number of carbonyl (C=O) groups excluding carboxylic acids is 1. The summed E-state index contributed by atoms with van der Waals surface area (Å²) in [7, 11) is 0. The van der Waals surface area contributed by atoms with Crippen LogP contribution in [0.3, 0.4) is 0 Å². The Morgan fingerprint density at radius 3 is 2.86 bits per heavy atom. The van der Waals surface area contributed by atoms with E-state index >= 15 is 0 Å². The molecule has 0 unspecified atom stereocenters. The molecular weight excluding hydrogens is 282 g/mol. The number of carbonyl (C=O) groups is 1. The number of rotatable bonds is 4. The van der Waals surface area contributed by atoms with Crippen molar-refractivity contribution in [3.63, 3.8) is 0 Å². The first-order valence-corrected chi connectivity index (χ1v) is 7.74. The molecule has 118 valence electrons. The Bertz CT molecular complexity index is 674. The predicted molar refractivity (Wildman–Crippen MR) is 83.8 cm³/mol. The number of benzene rings is 1. The van der Waals surface area contributed by atoms with Crippen molar-refractivity contribution < 1.29 is 14.3 Å². The van der Waals surface area contributed by atoms with E-state index in [1.54, 1.807) is 18.2 Å². The summed E-state index contributed by atoms with van der Waals surface area (Å²) in [5.41, 5.74) is 1.63. The zero-order valence-corrected chi connectivity index (χ0v) is 12.7. The minimum Gasteiger partial charge on any atom is -0.441 e. The summed E-state index contributed by atoms with van der Waals surface area (Å²) in [5.74, 6) is 0.682. The quantitative estimate of drug-likeness (QED) is 0.810. The molecule has 1 fully saturated rings. The molecular formula is C16H21N3O3. The highest BCUT2D eigenvalue weighted by Crippen LogP contribution is 2.29. The maximum Gasteiger partial charge on any atom is 0.319 e. The molecule has 1 heterocycles. The molecule has 2 aromatic rings. The van der Waals surface area contributed by atoms with E-state index in [9.17, 15) is 9.90 Å². The van der Waals surface area contributed by atoms with Gasteiger partial charge in [0, 0.05) is 12.1 Å². The minimum atomic E-state index is -0.475. The Labute approximate surface area is 128 Å². The highest BCUT2D eigenvalue weighted by Gasteiger charge is 2.34. The third-order valence-electron chi connectivity index (χ3n) is 4.23. The molecule has 2 amide bonds. The summed E-state index contributed by atoms with van der Waals surface area (Å²) >= 11 is 0. The lowest BCUT2D eigenvalue weighted by atomic mass is 9.99. The number of hydrogen-bond acceptors (Lipinski definition) is 4. The molecule has 1 aromatic carbocycles. The first-order valence-electron chi connectivity index (χ1n) is 7.74. The van der Waals surface area contributed by atoms with Gasteiger partial charge in [-0.05, 0) is 31.0 Å². The molecule has 0 aliphatic heterocycles. The van der Waals surface area contributed by atoms with Gasteiger partial charge in [0.25, 0.3) is 0 Å². The molecule has 3 N–H and O–H groups in total. The van der Waals surface area contributed by atoms with Crippen LogP contribution >= 0.6 is 0 Å². The lowest BCUT2D eigenvalue weighted by Crippen LogP contribution is -2.50. The molecule has 3 rings (SSSR count). The van der Waals surface area contributed by atoms with Gasteiger partial charge in [-0.2, -0.15) is 0 Å². The number of aliphatic hydroxyl groups excluding tert-OH is 1. The third-order valence-corrected chi connectivity index (χ3v) is 4.23. The van der Waals surface area contributed by atoms with Crippen LogP contribution in [0, 0.1) is 0 Å². The summed E-state index contributed by atoms with van der Waals surface area (Å²) in [5, 5.41) is 15.3. The summed E-state index contributed by atoms with van der Waals surface area (Å²) in [6.07, 6.45) is 4.44. The fourth-order valence-corrected chi connectivity index (χ4v) is 2.98. The Morgan fingerprint density at radius 2 is 2.18 bits per heavy atom. The number of fused-ring (bicyclic) bond motifs is 1. The molecule has 0 spiro atoms. The predicted octanol–water partition coefficient (Wildman–Crippen LogP) is 2.82. The van der Waals surface area contributed by atoms with E-state index in [-0.39, 0.29) is 12.6 Å². The highest BCUT2D eigenvalue weighted by molar-refractivity contribution is 5.92. The first-order chi connectivity index (χ1) is 10.6. The molecule has 22 heavy (non-hydrogen) atoms. The fourth-order valence-electron chi connectivity index (χ4n) is 2.98. The molecule has 0 atom stereocenters. The SMILES string of the molecule is CCc1nc2cc(NC(=O)NC3(CO)CCCC3)ccc2o1. The molecule has 1 aliphatic rings. The van der Waals surface area contributed by atoms with Crippen molar-refractivity contribution in [2.24, 2.45) is 0 Å². The minimum absolute atomic E-state index is 0.0252. The summed E-state index contributed by atoms with van der Waals surface area (Å²) < 4.78 is 5.55. The van der Waals surface area contributed by atoms with Gasteiger partial charge in [-0.15, -0.1) is 0 Å². The van der Waals surface area contributed by atoms with Gasteiger partial charge in [0.1, 0.15) is 5.52 Å². The second kappa shape index (κ2) is 5.96. The lowest BCUT2D eigenvalue weighted by molar-refractivity contribution is 0.167. The zero-order valence-electron chi connectivity index (χ0n) is 12.7. The van der Waals surface area contributed by atoms with Gasteiger partial charge < -0.3 is 20.2 Å². The number of aliphatic hydroxyl groups is 1. The van der Waals surface area contributed by atoms with Gasteiger partial charge in [-0.1, -0.05) is 19.8 Å². The van der Waals surface area contributed by atoms with Crippen LogP contribution in [-0.4, -0.2) is 28.3 Å². The van der Waals surface area contributed by atoms with E-state index in [0.29, 0.717) is 17.2 Å². The van der Waals surface area contributed by atoms with Crippen molar-refractivity contribution in [3.05, 3.63) is 24.1 Å². The number of nitrogens with one attached hydrogen (secondary N) is 2. The van der Waals surface area contributed by atoms with Crippen LogP contribution in [0.25, 0.3) is 11.1 Å². The number of oxazole rings is 1. The lowest BCUT2D eigenvalue weighted by Gasteiger charge is -2.27. The van der Waals surface area contributed by atoms with Gasteiger partial charge in [0.2, 0.25) is 0 Å². The summed E-state index contributed by atoms with van der Waals surface area (Å²) in [6, 6.07) is 5.08. The maximum absolute atomic E-state index is 12.2. The van der Waals surface area contributed by atoms with Crippen molar-refractivity contribution >= 4 is 22.8 Å². The van der Waals surface area contributed by atoms with E-state index in [1.807, 2.05) is 6.92 Å². The summed E-state index contributed by atoms with van der Waals surface area (Å²) in [4.78, 5) is 16.5. The number of urea groups is 1. The highest BCUT2D eigenvalue weighted by atomic mass is 16.3. The van der Waals surface area contributed by atoms with E-state index < -0.39 is 5.54 Å². The van der Waals surface area contributed by atoms with Crippen molar-refractivity contribution in [2.75, 3.05) is 11.9 Å². The molecule has 1 saturated carbocycles. The van der Waals surface area contributed by atoms with Crippen molar-refractivity contribution in [1.82, 2.24) is 10.3 Å². The van der Waals surface area contributed by atoms with Crippen LogP contribution in [-0.2, 0) is 6.42 Å². The normalized spacial score (nSPS) is 16.8. The zero-order chi connectivity index (χ0) is 15.6. The second-order valence-electron chi connectivity index (χ2n) is 5.87. The van der Waals surface area contributed by atoms with Crippen LogP contribution < -0.4 is 10.6 Å². The number of hydrogen-bond donors (Lipinski definition) is 3. The first kappa shape index (κ1) is 14.8. The van der Waals surface area contributed by atoms with Crippen LogP contribution in [0.1, 0.15) is 38.5 Å². The molecule has 0 radical (unpaired) electrons. The maximum atomic E-state index is 12.2. The standard InChI is InChI=1S/C16H21N3O3/c1-2-14-18-12-9-11(5-6-13(12)22-14)17-15(21)19-16(10-20)7-3-4-8-16/h5-6,9,20H,2-4,7-8,10H2,1H3,(H2,17,19,21). The Balaban J connectivity index is 1.70. The fraction of sp³-hybridized carbons (Fsp3) is 0.500. The number of aryl methyl sites for hydroxylation is 1. The average molecular weight is 303 g/mol. The Morgan fingerprint density at radius 1 is 1.41 bits per heavy atom. The van der Waals surface area contributed by atoms with Gasteiger partial charge >= 0.3 is 6.03 Å². The monoisotopic (exact) mass is 303 g/mol. The number of nitrogens with zero attached hydrogens (tertiary/aromatic N) is 1. The topological polar surface area (TPSA) is 87.4 Å². The largest absolute Gasteiger partial charge is 0.441 e. The van der Waals surface area contributed by atoms with Crippen molar-refractivity contribution in [1.29, 1.82) is 0 Å². The van der Waals surface area contributed by atoms with Gasteiger partial charge in [0.15, 0.2) is 11.5 Å². The summed E-state index contributed by atoms with van der Waals surface area (Å²) in [6.45, 7) is 1.95. The molecule has 6 heteroatoms. The van der Waals surface area contributed by atoms with Gasteiger partial charge in [-0.25, -0.2) is 9.78 Å². The van der Waals surface area contributed by atoms with E-state index in [0.717, 1.165) is 37.6 Å². The van der Waals surface area contributed by atoms with E-state index in [1.165, 1.54) is 0 Å². The molecule has 0 saturated heterocycles. The molecule has 6 nitrogen and oxygen atoms in total. The van der Waals surface area contributed by atoms with Crippen LogP contribution in [0.15, 0.2) is 22.6 Å². The van der Waals surface area contributed by atoms with Crippen molar-refractivity contribution in [2.45, 2.75) is 44.6 Å². The smallest absolute Gasteiger partial charge is 0.319 e. The Kier molecular flexibility index (Phi) is 4.02.